The van der Waals surface area contributed by atoms with E-state index in [2.05, 4.69) is 40.5 Å². The molecule has 0 aliphatic heterocycles. The normalized spacial score (nSPS) is 13.5. The molecule has 0 bridgehead atoms. The van der Waals surface area contributed by atoms with Gasteiger partial charge in [-0.3, -0.25) is 4.57 Å². The number of fused-ring (bicyclic) bond motifs is 1. The number of imidazole rings is 1. The maximum Gasteiger partial charge on any atom is 0.179 e. The number of aromatic amines is 1. The lowest BCUT2D eigenvalue weighted by Crippen LogP contribution is -2.29. The van der Waals surface area contributed by atoms with Gasteiger partial charge in [0.05, 0.1) is 5.52 Å². The molecule has 0 aliphatic carbocycles. The van der Waals surface area contributed by atoms with Gasteiger partial charge >= 0.3 is 0 Å². The van der Waals surface area contributed by atoms with Crippen LogP contribution in [-0.2, 0) is 6.54 Å². The molecular formula is C11H16N4S. The third kappa shape index (κ3) is 2.01. The van der Waals surface area contributed by atoms with E-state index in [4.69, 9.17) is 12.2 Å². The Balaban J connectivity index is 2.44. The van der Waals surface area contributed by atoms with Gasteiger partial charge in [-0.2, -0.15) is 0 Å². The van der Waals surface area contributed by atoms with E-state index in [1.165, 1.54) is 0 Å². The zero-order chi connectivity index (χ0) is 11.7. The third-order valence-corrected chi connectivity index (χ3v) is 3.18. The van der Waals surface area contributed by atoms with Gasteiger partial charge in [0.2, 0.25) is 0 Å². The first-order valence-corrected chi connectivity index (χ1v) is 5.70. The predicted molar refractivity (Wildman–Crippen MR) is 68.1 cm³/mol. The summed E-state index contributed by atoms with van der Waals surface area (Å²) in [7, 11) is 4.13. The van der Waals surface area contributed by atoms with Crippen molar-refractivity contribution in [3.63, 3.8) is 0 Å². The van der Waals surface area contributed by atoms with Gasteiger partial charge in [0.15, 0.2) is 10.4 Å². The molecule has 0 aromatic carbocycles. The van der Waals surface area contributed by atoms with Crippen LogP contribution >= 0.6 is 12.2 Å². The summed E-state index contributed by atoms with van der Waals surface area (Å²) in [5.41, 5.74) is 1.93. The molecule has 1 unspecified atom stereocenters. The minimum absolute atomic E-state index is 0.424. The molecular weight excluding hydrogens is 220 g/mol. The average Bonchev–Trinajstić information content (AvgIpc) is 2.55. The van der Waals surface area contributed by atoms with E-state index in [-0.39, 0.29) is 0 Å². The van der Waals surface area contributed by atoms with Gasteiger partial charge in [-0.25, -0.2) is 4.98 Å². The van der Waals surface area contributed by atoms with E-state index in [1.807, 2.05) is 12.1 Å². The number of nitrogens with one attached hydrogen (secondary N) is 1. The van der Waals surface area contributed by atoms with Crippen molar-refractivity contribution in [3.8, 4) is 0 Å². The smallest absolute Gasteiger partial charge is 0.179 e. The summed E-state index contributed by atoms with van der Waals surface area (Å²) in [6.45, 7) is 3.02. The first kappa shape index (κ1) is 11.3. The van der Waals surface area contributed by atoms with Crippen LogP contribution in [0.1, 0.15) is 6.92 Å². The van der Waals surface area contributed by atoms with Gasteiger partial charge in [0, 0.05) is 18.8 Å². The number of nitrogens with zero attached hydrogens (tertiary/aromatic N) is 3. The van der Waals surface area contributed by atoms with E-state index >= 15 is 0 Å². The highest BCUT2D eigenvalue weighted by Gasteiger charge is 2.10. The monoisotopic (exact) mass is 236 g/mol. The van der Waals surface area contributed by atoms with Gasteiger partial charge in [0.1, 0.15) is 0 Å². The molecule has 86 valence electrons. The zero-order valence-electron chi connectivity index (χ0n) is 9.77. The molecule has 2 rings (SSSR count). The molecule has 4 nitrogen and oxygen atoms in total. The van der Waals surface area contributed by atoms with Crippen molar-refractivity contribution in [1.82, 2.24) is 19.4 Å². The number of rotatable bonds is 3. The van der Waals surface area contributed by atoms with Crippen LogP contribution in [0.2, 0.25) is 0 Å². The van der Waals surface area contributed by atoms with Crippen molar-refractivity contribution in [2.24, 2.45) is 0 Å². The molecule has 2 aromatic heterocycles. The quantitative estimate of drug-likeness (QED) is 0.829. The number of hydrogen-bond acceptors (Lipinski definition) is 3. The minimum atomic E-state index is 0.424. The third-order valence-electron chi connectivity index (χ3n) is 2.86. The fourth-order valence-corrected chi connectivity index (χ4v) is 1.86. The number of likely N-dealkylation sites (N-methyl/N-ethyl adjacent to an activating group) is 1. The van der Waals surface area contributed by atoms with E-state index in [9.17, 15) is 0 Å². The summed E-state index contributed by atoms with van der Waals surface area (Å²) in [5, 5.41) is 0. The van der Waals surface area contributed by atoms with Crippen LogP contribution in [0.15, 0.2) is 18.3 Å². The largest absolute Gasteiger partial charge is 0.329 e. The van der Waals surface area contributed by atoms with Gasteiger partial charge in [0.25, 0.3) is 0 Å². The average molecular weight is 236 g/mol. The molecule has 0 spiro atoms. The highest BCUT2D eigenvalue weighted by molar-refractivity contribution is 7.71. The summed E-state index contributed by atoms with van der Waals surface area (Å²) in [5.74, 6) is 0. The molecule has 5 heteroatoms. The molecule has 0 saturated carbocycles. The highest BCUT2D eigenvalue weighted by Crippen LogP contribution is 2.11. The Morgan fingerprint density at radius 2 is 2.31 bits per heavy atom. The SMILES string of the molecule is CC(Cn1c(=S)[nH]c2cccnc21)N(C)C. The molecule has 0 saturated heterocycles. The Morgan fingerprint density at radius 3 is 3.00 bits per heavy atom. The maximum atomic E-state index is 5.31. The fraction of sp³-hybridized carbons (Fsp3) is 0.455. The number of pyridine rings is 1. The molecule has 1 atom stereocenters. The maximum absolute atomic E-state index is 5.31. The van der Waals surface area contributed by atoms with Crippen LogP contribution in [0.4, 0.5) is 0 Å². The summed E-state index contributed by atoms with van der Waals surface area (Å²) < 4.78 is 2.79. The second-order valence-electron chi connectivity index (χ2n) is 4.23. The Morgan fingerprint density at radius 1 is 1.56 bits per heavy atom. The topological polar surface area (TPSA) is 36.9 Å². The molecule has 2 aromatic rings. The van der Waals surface area contributed by atoms with Crippen molar-refractivity contribution in [2.45, 2.75) is 19.5 Å². The molecule has 0 amide bonds. The number of H-pyrrole nitrogens is 1. The number of aromatic nitrogens is 3. The number of hydrogen-bond donors (Lipinski definition) is 1. The van der Waals surface area contributed by atoms with Crippen molar-refractivity contribution in [1.29, 1.82) is 0 Å². The van der Waals surface area contributed by atoms with E-state index in [0.717, 1.165) is 22.5 Å². The molecule has 16 heavy (non-hydrogen) atoms. The minimum Gasteiger partial charge on any atom is -0.329 e. The second-order valence-corrected chi connectivity index (χ2v) is 4.61. The van der Waals surface area contributed by atoms with Crippen LogP contribution in [0, 0.1) is 4.77 Å². The van der Waals surface area contributed by atoms with Gasteiger partial charge in [-0.15, -0.1) is 0 Å². The molecule has 1 N–H and O–H groups in total. The lowest BCUT2D eigenvalue weighted by Gasteiger charge is -2.20. The van der Waals surface area contributed by atoms with Crippen molar-refractivity contribution in [3.05, 3.63) is 23.1 Å². The Bertz CT molecular complexity index is 540. The van der Waals surface area contributed by atoms with E-state index < -0.39 is 0 Å². The Labute approximate surface area is 99.9 Å². The van der Waals surface area contributed by atoms with Crippen LogP contribution < -0.4 is 0 Å². The molecule has 2 heterocycles. The summed E-state index contributed by atoms with van der Waals surface area (Å²) in [4.78, 5) is 9.70. The van der Waals surface area contributed by atoms with Crippen LogP contribution in [0.3, 0.4) is 0 Å². The van der Waals surface area contributed by atoms with Gasteiger partial charge < -0.3 is 9.88 Å². The summed E-state index contributed by atoms with van der Waals surface area (Å²) >= 11 is 5.31. The molecule has 0 fully saturated rings. The summed E-state index contributed by atoms with van der Waals surface area (Å²) in [6.07, 6.45) is 1.79. The van der Waals surface area contributed by atoms with Crippen LogP contribution in [0.25, 0.3) is 11.2 Å². The lowest BCUT2D eigenvalue weighted by molar-refractivity contribution is 0.285. The van der Waals surface area contributed by atoms with Crippen LogP contribution in [0.5, 0.6) is 0 Å². The highest BCUT2D eigenvalue weighted by atomic mass is 32.1. The Kier molecular flexibility index (Phi) is 3.07. The van der Waals surface area contributed by atoms with Crippen LogP contribution in [-0.4, -0.2) is 39.6 Å². The van der Waals surface area contributed by atoms with Crippen molar-refractivity contribution < 1.29 is 0 Å². The van der Waals surface area contributed by atoms with Crippen molar-refractivity contribution in [2.75, 3.05) is 14.1 Å². The second kappa shape index (κ2) is 4.35. The van der Waals surface area contributed by atoms with Gasteiger partial charge in [-0.1, -0.05) is 0 Å². The zero-order valence-corrected chi connectivity index (χ0v) is 10.6. The predicted octanol–water partition coefficient (Wildman–Crippen LogP) is 2.04. The first-order chi connectivity index (χ1) is 7.59. The van der Waals surface area contributed by atoms with Gasteiger partial charge in [-0.05, 0) is 45.4 Å². The summed E-state index contributed by atoms with van der Waals surface area (Å²) in [6, 6.07) is 4.33. The van der Waals surface area contributed by atoms with E-state index in [1.54, 1.807) is 6.20 Å². The standard InChI is InChI=1S/C11H16N4S/c1-8(14(2)3)7-15-10-9(13-11(15)16)5-4-6-12-10/h4-6,8H,7H2,1-3H3,(H,13,16). The molecule has 0 radical (unpaired) electrons. The van der Waals surface area contributed by atoms with E-state index in [0.29, 0.717) is 6.04 Å². The lowest BCUT2D eigenvalue weighted by atomic mass is 10.3. The van der Waals surface area contributed by atoms with Crippen molar-refractivity contribution >= 4 is 23.4 Å². The fourth-order valence-electron chi connectivity index (χ4n) is 1.59. The first-order valence-electron chi connectivity index (χ1n) is 5.29. The molecule has 0 aliphatic rings. The Hall–Kier alpha value is -1.20.